The number of hydrogen-bond acceptors (Lipinski definition) is 4. The summed E-state index contributed by atoms with van der Waals surface area (Å²) in [7, 11) is 1.60. The van der Waals surface area contributed by atoms with E-state index in [9.17, 15) is 0 Å². The zero-order valence-electron chi connectivity index (χ0n) is 32.6. The molecule has 0 aromatic heterocycles. The molecular weight excluding hydrogens is 874 g/mol. The van der Waals surface area contributed by atoms with Crippen molar-refractivity contribution in [2.45, 2.75) is 46.5 Å². The molecule has 9 rings (SSSR count). The van der Waals surface area contributed by atoms with Gasteiger partial charge in [-0.05, 0) is 103 Å². The standard InChI is InChI=1S/C38H28O4P2.C10H20.2ClH.Ru/c1-5-13-27(14-6-1)43(28-15-7-2-8-16-28)33-23-21-31-37(41-25-39-31)35(33)36-34(24-22-32-38(36)42-26-40-32)44(29-17-9-3-10-18-29)30-19-11-4-12-20-30;1-8(2)10-6-4-9(3)5-7-10;;;/h1-24H,25-26H2;8-10H,4-7H2,1-3H3;2*1H;/q;;;;+2. The predicted octanol–water partition coefficient (Wildman–Crippen LogP) is 6.95. The SMILES string of the molecule is CC1CCC(C(C)C)CC1.[Cl-].[Cl][Ru+].c1ccc([PH+](c2ccccc2)c2ccc3c(c2-c2c([PH+](c4ccccc4)c4ccccc4)ccc4c2OCO4)OCO3)cc1. The van der Waals surface area contributed by atoms with Gasteiger partial charge in [-0.25, -0.2) is 0 Å². The summed E-state index contributed by atoms with van der Waals surface area (Å²) in [4.78, 5) is 0. The zero-order chi connectivity index (χ0) is 38.9. The molecule has 9 heteroatoms. The third-order valence-corrected chi connectivity index (χ3v) is 16.7. The van der Waals surface area contributed by atoms with Gasteiger partial charge in [-0.3, -0.25) is 0 Å². The molecular formula is C48H50Cl2O4P2Ru+2. The van der Waals surface area contributed by atoms with E-state index in [0.717, 1.165) is 51.9 Å². The summed E-state index contributed by atoms with van der Waals surface area (Å²) < 4.78 is 24.8. The molecule has 0 spiro atoms. The number of fused-ring (bicyclic) bond motifs is 2. The monoisotopic (exact) mass is 924 g/mol. The summed E-state index contributed by atoms with van der Waals surface area (Å²) in [6.45, 7) is 7.47. The van der Waals surface area contributed by atoms with Gasteiger partial charge in [0.2, 0.25) is 13.6 Å². The van der Waals surface area contributed by atoms with Gasteiger partial charge in [0.15, 0.2) is 23.0 Å². The van der Waals surface area contributed by atoms with Gasteiger partial charge in [0.25, 0.3) is 0 Å². The van der Waals surface area contributed by atoms with Gasteiger partial charge in [-0.15, -0.1) is 0 Å². The fourth-order valence-corrected chi connectivity index (χ4v) is 13.7. The van der Waals surface area contributed by atoms with Crippen molar-refractivity contribution in [3.63, 3.8) is 0 Å². The second kappa shape index (κ2) is 21.0. The van der Waals surface area contributed by atoms with Crippen molar-refractivity contribution in [2.24, 2.45) is 17.8 Å². The largest absolute Gasteiger partial charge is 0.454 e. The van der Waals surface area contributed by atoms with E-state index in [1.165, 1.54) is 57.5 Å². The van der Waals surface area contributed by atoms with Crippen LogP contribution < -0.4 is 63.2 Å². The van der Waals surface area contributed by atoms with E-state index in [1.54, 1.807) is 0 Å². The molecule has 6 aromatic rings. The first-order valence-corrected chi connectivity index (χ1v) is 24.8. The van der Waals surface area contributed by atoms with Gasteiger partial charge < -0.3 is 31.4 Å². The second-order valence-corrected chi connectivity index (χ2v) is 19.8. The Kier molecular flexibility index (Phi) is 15.9. The number of hydrogen-bond donors (Lipinski definition) is 0. The van der Waals surface area contributed by atoms with Gasteiger partial charge in [0.05, 0.1) is 27.0 Å². The molecule has 0 unspecified atom stereocenters. The first-order chi connectivity index (χ1) is 27.6. The van der Waals surface area contributed by atoms with E-state index in [2.05, 4.69) is 176 Å². The van der Waals surface area contributed by atoms with E-state index in [-0.39, 0.29) is 26.0 Å². The molecule has 1 saturated carbocycles. The van der Waals surface area contributed by atoms with Gasteiger partial charge in [0.1, 0.15) is 31.8 Å². The maximum atomic E-state index is 6.36. The maximum Gasteiger partial charge on any atom is 0.231 e. The van der Waals surface area contributed by atoms with E-state index in [1.807, 2.05) is 17.3 Å². The van der Waals surface area contributed by atoms with Crippen molar-refractivity contribution in [3.05, 3.63) is 146 Å². The molecule has 1 aliphatic carbocycles. The smallest absolute Gasteiger partial charge is 0.231 e. The quantitative estimate of drug-likeness (QED) is 0.123. The first kappa shape index (κ1) is 43.2. The average molecular weight is 925 g/mol. The molecule has 1 fully saturated rings. The maximum absolute atomic E-state index is 6.36. The Bertz CT molecular complexity index is 1930. The molecule has 296 valence electrons. The van der Waals surface area contributed by atoms with Crippen LogP contribution in [0, 0.1) is 17.8 Å². The number of rotatable bonds is 8. The minimum atomic E-state index is -1.48. The second-order valence-electron chi connectivity index (χ2n) is 14.9. The number of ether oxygens (including phenoxy) is 4. The normalized spacial score (nSPS) is 16.3. The van der Waals surface area contributed by atoms with Gasteiger partial charge in [0, 0.05) is 0 Å². The van der Waals surface area contributed by atoms with Crippen LogP contribution in [-0.4, -0.2) is 13.6 Å². The Labute approximate surface area is 361 Å². The predicted molar refractivity (Wildman–Crippen MR) is 236 cm³/mol. The third kappa shape index (κ3) is 9.90. The van der Waals surface area contributed by atoms with E-state index in [0.29, 0.717) is 0 Å². The van der Waals surface area contributed by atoms with Crippen molar-refractivity contribution in [2.75, 3.05) is 13.6 Å². The molecule has 0 saturated heterocycles. The van der Waals surface area contributed by atoms with Crippen LogP contribution in [-0.2, 0) is 17.3 Å². The van der Waals surface area contributed by atoms with Crippen molar-refractivity contribution >= 4 is 57.4 Å². The van der Waals surface area contributed by atoms with Crippen LogP contribution in [0.2, 0.25) is 0 Å². The number of halogens is 2. The summed E-state index contributed by atoms with van der Waals surface area (Å²) in [5.41, 5.74) is 2.07. The van der Waals surface area contributed by atoms with Gasteiger partial charge in [-0.2, -0.15) is 0 Å². The summed E-state index contributed by atoms with van der Waals surface area (Å²) >= 11 is 1.82. The zero-order valence-corrected chi connectivity index (χ0v) is 37.8. The van der Waals surface area contributed by atoms with Crippen LogP contribution in [0.3, 0.4) is 0 Å². The minimum Gasteiger partial charge on any atom is -0.454 e. The van der Waals surface area contributed by atoms with Crippen molar-refractivity contribution in [1.82, 2.24) is 0 Å². The summed E-state index contributed by atoms with van der Waals surface area (Å²) in [5, 5.41) is 7.64. The van der Waals surface area contributed by atoms with E-state index in [4.69, 9.17) is 18.9 Å². The number of benzene rings is 6. The Balaban J connectivity index is 0.000000368. The summed E-state index contributed by atoms with van der Waals surface area (Å²) in [5.74, 6) is 6.01. The molecule has 6 aromatic carbocycles. The Morgan fingerprint density at radius 1 is 0.491 bits per heavy atom. The molecule has 0 atom stereocenters. The van der Waals surface area contributed by atoms with Crippen LogP contribution in [0.15, 0.2) is 146 Å². The van der Waals surface area contributed by atoms with Crippen LogP contribution in [0.25, 0.3) is 11.1 Å². The molecule has 0 bridgehead atoms. The fraction of sp³-hybridized carbons (Fsp3) is 0.250. The summed E-state index contributed by atoms with van der Waals surface area (Å²) in [6.07, 6.45) is 5.92. The van der Waals surface area contributed by atoms with Crippen LogP contribution in [0.4, 0.5) is 0 Å². The molecule has 3 aliphatic rings. The van der Waals surface area contributed by atoms with Gasteiger partial charge >= 0.3 is 27.0 Å². The molecule has 0 amide bonds. The minimum absolute atomic E-state index is 0. The molecule has 4 nitrogen and oxygen atoms in total. The van der Waals surface area contributed by atoms with E-state index < -0.39 is 15.8 Å². The van der Waals surface area contributed by atoms with Crippen LogP contribution >= 0.6 is 25.5 Å². The van der Waals surface area contributed by atoms with Gasteiger partial charge in [-0.1, -0.05) is 106 Å². The van der Waals surface area contributed by atoms with Crippen molar-refractivity contribution in [1.29, 1.82) is 0 Å². The molecule has 0 radical (unpaired) electrons. The van der Waals surface area contributed by atoms with E-state index >= 15 is 0 Å². The Morgan fingerprint density at radius 3 is 1.14 bits per heavy atom. The summed E-state index contributed by atoms with van der Waals surface area (Å²) in [6, 6.07) is 51.9. The van der Waals surface area contributed by atoms with Crippen molar-refractivity contribution in [3.8, 4) is 34.1 Å². The molecule has 0 N–H and O–H groups in total. The Morgan fingerprint density at radius 2 is 0.825 bits per heavy atom. The topological polar surface area (TPSA) is 36.9 Å². The van der Waals surface area contributed by atoms with Crippen LogP contribution in [0.5, 0.6) is 23.0 Å². The first-order valence-electron chi connectivity index (χ1n) is 19.5. The van der Waals surface area contributed by atoms with Crippen LogP contribution in [0.1, 0.15) is 46.5 Å². The molecule has 57 heavy (non-hydrogen) atoms. The molecule has 2 aliphatic heterocycles. The molecule has 2 heterocycles. The van der Waals surface area contributed by atoms with Crippen molar-refractivity contribution < 1.29 is 48.7 Å². The third-order valence-electron chi connectivity index (χ3n) is 11.1. The average Bonchev–Trinajstić information content (AvgIpc) is 3.95. The fourth-order valence-electron chi connectivity index (χ4n) is 8.18. The Hall–Kier alpha value is -3.42.